The van der Waals surface area contributed by atoms with Gasteiger partial charge in [0.05, 0.1) is 5.56 Å². The zero-order chi connectivity index (χ0) is 25.8. The summed E-state index contributed by atoms with van der Waals surface area (Å²) in [6.07, 6.45) is 1.89. The number of amidine groups is 1. The Labute approximate surface area is 201 Å². The van der Waals surface area contributed by atoms with E-state index in [1.807, 2.05) is 53.7 Å². The molecule has 0 N–H and O–H groups in total. The van der Waals surface area contributed by atoms with Gasteiger partial charge >= 0.3 is 5.84 Å². The molecule has 2 aromatic rings. The molecule has 2 aliphatic rings. The third-order valence-electron chi connectivity index (χ3n) is 7.78. The predicted molar refractivity (Wildman–Crippen MR) is 133 cm³/mol. The van der Waals surface area contributed by atoms with Crippen LogP contribution in [0.1, 0.15) is 96.3 Å². The molecule has 0 spiro atoms. The molecule has 180 valence electrons. The van der Waals surface area contributed by atoms with E-state index in [0.717, 1.165) is 15.4 Å². The number of hydroxylamine groups is 3. The highest BCUT2D eigenvalue weighted by atomic mass is 16.5. The first-order chi connectivity index (χ1) is 15.3. The SMILES string of the molecule is CC(C)(C)C1=Cc2cc(C(C)(C)C)c([O])c3cc(C4=[N+]([O-])C(C)(C)C(C)(C)N4[O])cc(c23)C1=O. The van der Waals surface area contributed by atoms with Crippen LogP contribution in [0.5, 0.6) is 5.75 Å². The molecule has 0 saturated carbocycles. The number of allylic oxidation sites excluding steroid dienone is 1. The van der Waals surface area contributed by atoms with Gasteiger partial charge < -0.3 is 5.21 Å². The van der Waals surface area contributed by atoms with Crippen molar-refractivity contribution in [1.82, 2.24) is 5.06 Å². The summed E-state index contributed by atoms with van der Waals surface area (Å²) in [6.45, 7) is 18.8. The first-order valence-electron chi connectivity index (χ1n) is 11.7. The van der Waals surface area contributed by atoms with Gasteiger partial charge in [0, 0.05) is 32.7 Å². The Balaban J connectivity index is 2.14. The summed E-state index contributed by atoms with van der Waals surface area (Å²) in [7, 11) is 0. The van der Waals surface area contributed by atoms with Crippen molar-refractivity contribution in [3.05, 3.63) is 51.2 Å². The molecule has 2 aromatic carbocycles. The van der Waals surface area contributed by atoms with E-state index in [1.165, 1.54) is 0 Å². The third kappa shape index (κ3) is 3.11. The third-order valence-corrected chi connectivity index (χ3v) is 7.78. The first-order valence-corrected chi connectivity index (χ1v) is 11.7. The average molecular weight is 463 g/mol. The molecule has 34 heavy (non-hydrogen) atoms. The highest BCUT2D eigenvalue weighted by Crippen LogP contribution is 2.46. The van der Waals surface area contributed by atoms with Crippen molar-refractivity contribution in [2.75, 3.05) is 0 Å². The van der Waals surface area contributed by atoms with E-state index in [-0.39, 0.29) is 17.4 Å². The summed E-state index contributed by atoms with van der Waals surface area (Å²) < 4.78 is 0.723. The van der Waals surface area contributed by atoms with Gasteiger partial charge in [-0.25, -0.2) is 0 Å². The molecular weight excluding hydrogens is 428 g/mol. The van der Waals surface area contributed by atoms with Gasteiger partial charge in [0.15, 0.2) is 17.1 Å². The van der Waals surface area contributed by atoms with Crippen LogP contribution in [0.4, 0.5) is 0 Å². The molecule has 0 saturated heterocycles. The Morgan fingerprint density at radius 2 is 1.53 bits per heavy atom. The lowest BCUT2D eigenvalue weighted by atomic mass is 9.74. The maximum atomic E-state index is 13.7. The van der Waals surface area contributed by atoms with Crippen molar-refractivity contribution >= 4 is 28.5 Å². The van der Waals surface area contributed by atoms with Gasteiger partial charge in [0.1, 0.15) is 5.54 Å². The van der Waals surface area contributed by atoms with Crippen LogP contribution in [0.15, 0.2) is 23.8 Å². The standard InChI is InChI=1S/C28H34N2O4/c1-25(2,3)19-13-15-14-20(26(4,5)6)23(32)18-12-16(11-17(21(15)18)22(19)31)24-29(33)27(7,8)28(9,10)30(24)34/h11-14H,1-10H3. The van der Waals surface area contributed by atoms with Crippen molar-refractivity contribution in [1.29, 1.82) is 0 Å². The fraction of sp³-hybridized carbons (Fsp3) is 0.500. The lowest BCUT2D eigenvalue weighted by molar-refractivity contribution is -0.539. The quantitative estimate of drug-likeness (QED) is 0.364. The maximum Gasteiger partial charge on any atom is 0.316 e. The van der Waals surface area contributed by atoms with E-state index in [4.69, 9.17) is 0 Å². The van der Waals surface area contributed by atoms with Gasteiger partial charge in [-0.1, -0.05) is 46.6 Å². The number of hydrogen-bond acceptors (Lipinski definition) is 3. The van der Waals surface area contributed by atoms with Gasteiger partial charge in [0.2, 0.25) is 0 Å². The second kappa shape index (κ2) is 6.85. The van der Waals surface area contributed by atoms with E-state index in [0.29, 0.717) is 33.0 Å². The lowest BCUT2D eigenvalue weighted by Gasteiger charge is -2.32. The van der Waals surface area contributed by atoms with Gasteiger partial charge in [0.25, 0.3) is 0 Å². The number of Topliss-reactive ketones (excluding diaryl/α,β-unsaturated/α-hetero) is 1. The molecule has 0 unspecified atom stereocenters. The summed E-state index contributed by atoms with van der Waals surface area (Å²) in [5.74, 6) is -0.432. The number of benzene rings is 2. The number of rotatable bonds is 1. The minimum atomic E-state index is -1.00. The van der Waals surface area contributed by atoms with E-state index in [2.05, 4.69) is 0 Å². The van der Waals surface area contributed by atoms with E-state index in [1.54, 1.807) is 39.8 Å². The Bertz CT molecular complexity index is 1310. The molecule has 2 radical (unpaired) electrons. The topological polar surface area (TPSA) is 86.2 Å². The monoisotopic (exact) mass is 462 g/mol. The second-order valence-corrected chi connectivity index (χ2v) is 12.7. The number of nitrogens with zero attached hydrogens (tertiary/aromatic N) is 2. The smallest absolute Gasteiger partial charge is 0.316 e. The summed E-state index contributed by atoms with van der Waals surface area (Å²) >= 11 is 0. The van der Waals surface area contributed by atoms with E-state index in [9.17, 15) is 20.3 Å². The number of hydrogen-bond donors (Lipinski definition) is 0. The zero-order valence-electron chi connectivity index (χ0n) is 21.8. The fourth-order valence-electron chi connectivity index (χ4n) is 4.82. The Hall–Kier alpha value is -2.86. The van der Waals surface area contributed by atoms with E-state index >= 15 is 0 Å². The first kappa shape index (κ1) is 24.3. The summed E-state index contributed by atoms with van der Waals surface area (Å²) in [5, 5.41) is 42.0. The van der Waals surface area contributed by atoms with Crippen LogP contribution >= 0.6 is 0 Å². The molecule has 6 nitrogen and oxygen atoms in total. The predicted octanol–water partition coefficient (Wildman–Crippen LogP) is 6.38. The highest BCUT2D eigenvalue weighted by Gasteiger charge is 2.60. The van der Waals surface area contributed by atoms with Crippen molar-refractivity contribution < 1.29 is 19.8 Å². The van der Waals surface area contributed by atoms with Crippen molar-refractivity contribution in [2.45, 2.75) is 85.7 Å². The molecule has 4 rings (SSSR count). The molecule has 1 aliphatic heterocycles. The molecule has 6 heteroatoms. The average Bonchev–Trinajstić information content (AvgIpc) is 2.81. The molecule has 1 heterocycles. The van der Waals surface area contributed by atoms with Crippen LogP contribution in [0.25, 0.3) is 16.8 Å². The number of carbonyl (C=O) groups is 1. The molecule has 0 amide bonds. The molecule has 0 fully saturated rings. The minimum Gasteiger partial charge on any atom is -0.714 e. The van der Waals surface area contributed by atoms with Crippen LogP contribution < -0.4 is 0 Å². The van der Waals surface area contributed by atoms with Gasteiger partial charge in [-0.3, -0.25) is 14.6 Å². The molecule has 0 atom stereocenters. The number of carbonyl (C=O) groups excluding carboxylic acids is 1. The van der Waals surface area contributed by atoms with Crippen LogP contribution in [0.3, 0.4) is 0 Å². The zero-order valence-corrected chi connectivity index (χ0v) is 21.8. The Kier molecular flexibility index (Phi) is 4.89. The minimum absolute atomic E-state index is 0.0741. The fourth-order valence-corrected chi connectivity index (χ4v) is 4.82. The summed E-state index contributed by atoms with van der Waals surface area (Å²) in [6, 6.07) is 5.12. The number of ketones is 1. The van der Waals surface area contributed by atoms with Gasteiger partial charge in [-0.15, -0.1) is 0 Å². The van der Waals surface area contributed by atoms with E-state index < -0.39 is 21.9 Å². The molecule has 0 aromatic heterocycles. The summed E-state index contributed by atoms with van der Waals surface area (Å²) in [5.41, 5.74) is -0.109. The summed E-state index contributed by atoms with van der Waals surface area (Å²) in [4.78, 5) is 13.7. The Morgan fingerprint density at radius 3 is 2.00 bits per heavy atom. The van der Waals surface area contributed by atoms with Crippen LogP contribution in [0, 0.1) is 10.6 Å². The Morgan fingerprint density at radius 1 is 0.941 bits per heavy atom. The second-order valence-electron chi connectivity index (χ2n) is 12.7. The van der Waals surface area contributed by atoms with Crippen molar-refractivity contribution in [3.8, 4) is 5.75 Å². The lowest BCUT2D eigenvalue weighted by Crippen LogP contribution is -2.53. The van der Waals surface area contributed by atoms with Crippen LogP contribution in [0.2, 0.25) is 0 Å². The largest absolute Gasteiger partial charge is 0.714 e. The maximum absolute atomic E-state index is 13.7. The van der Waals surface area contributed by atoms with Crippen molar-refractivity contribution in [2.24, 2.45) is 5.41 Å². The van der Waals surface area contributed by atoms with Gasteiger partial charge in [-0.2, -0.15) is 0 Å². The molecule has 1 aliphatic carbocycles. The molecule has 0 bridgehead atoms. The normalized spacial score (nSPS) is 19.8. The van der Waals surface area contributed by atoms with Gasteiger partial charge in [-0.05, 0) is 68.4 Å². The van der Waals surface area contributed by atoms with Crippen LogP contribution in [-0.4, -0.2) is 32.5 Å². The molecular formula is C28H34N2O4. The highest BCUT2D eigenvalue weighted by molar-refractivity contribution is 6.25. The van der Waals surface area contributed by atoms with Crippen molar-refractivity contribution in [3.63, 3.8) is 0 Å². The van der Waals surface area contributed by atoms with Crippen LogP contribution in [-0.2, 0) is 15.7 Å².